The van der Waals surface area contributed by atoms with E-state index in [-0.39, 0.29) is 5.56 Å². The molecule has 6 nitrogen and oxygen atoms in total. The Morgan fingerprint density at radius 3 is 2.43 bits per heavy atom. The minimum absolute atomic E-state index is 0.120. The minimum atomic E-state index is -0.120. The van der Waals surface area contributed by atoms with Crippen LogP contribution in [-0.2, 0) is 6.42 Å². The fourth-order valence-electron chi connectivity index (χ4n) is 3.52. The molecule has 1 aliphatic heterocycles. The molecule has 1 aliphatic rings. The monoisotopic (exact) mass is 375 g/mol. The van der Waals surface area contributed by atoms with E-state index in [9.17, 15) is 4.79 Å². The minimum Gasteiger partial charge on any atom is -0.493 e. The molecule has 0 saturated heterocycles. The molecular weight excluding hydrogens is 354 g/mol. The van der Waals surface area contributed by atoms with Crippen LogP contribution in [0.5, 0.6) is 11.5 Å². The number of methoxy groups -OCH3 is 2. The molecule has 0 aliphatic carbocycles. The zero-order valence-corrected chi connectivity index (χ0v) is 16.1. The number of aromatic nitrogens is 2. The number of fused-ring (bicyclic) bond motifs is 3. The molecule has 6 heteroatoms. The van der Waals surface area contributed by atoms with Gasteiger partial charge in [0.05, 0.1) is 25.6 Å². The van der Waals surface area contributed by atoms with Crippen molar-refractivity contribution in [1.82, 2.24) is 9.55 Å². The summed E-state index contributed by atoms with van der Waals surface area (Å²) in [5, 5.41) is 0. The van der Waals surface area contributed by atoms with Crippen LogP contribution >= 0.6 is 0 Å². The maximum absolute atomic E-state index is 12.9. The molecule has 0 fully saturated rings. The lowest BCUT2D eigenvalue weighted by Gasteiger charge is -2.22. The number of aryl methyl sites for hydroxylation is 1. The fourth-order valence-corrected chi connectivity index (χ4v) is 3.52. The third-order valence-corrected chi connectivity index (χ3v) is 4.77. The molecule has 0 bridgehead atoms. The van der Waals surface area contributed by atoms with Gasteiger partial charge >= 0.3 is 0 Å². The Kier molecular flexibility index (Phi) is 4.69. The Morgan fingerprint density at radius 1 is 1.00 bits per heavy atom. The summed E-state index contributed by atoms with van der Waals surface area (Å²) in [6, 6.07) is 15.2. The topological polar surface area (TPSA) is 65.7 Å². The van der Waals surface area contributed by atoms with Gasteiger partial charge in [0.25, 0.3) is 5.56 Å². The Hall–Kier alpha value is -3.41. The highest BCUT2D eigenvalue weighted by atomic mass is 16.5. The van der Waals surface area contributed by atoms with E-state index < -0.39 is 0 Å². The molecule has 0 saturated carbocycles. The number of rotatable bonds is 3. The van der Waals surface area contributed by atoms with Gasteiger partial charge in [0.1, 0.15) is 5.82 Å². The molecule has 4 rings (SSSR count). The van der Waals surface area contributed by atoms with E-state index in [4.69, 9.17) is 14.5 Å². The predicted molar refractivity (Wildman–Crippen MR) is 108 cm³/mol. The van der Waals surface area contributed by atoms with Gasteiger partial charge in [-0.25, -0.2) is 4.98 Å². The number of aliphatic imine (C=N–C) groups is 1. The number of nitrogens with zero attached hydrogens (tertiary/aromatic N) is 3. The number of benzene rings is 2. The molecule has 0 N–H and O–H groups in total. The lowest BCUT2D eigenvalue weighted by molar-refractivity contribution is 0.354. The van der Waals surface area contributed by atoms with E-state index in [0.717, 1.165) is 16.8 Å². The van der Waals surface area contributed by atoms with Crippen molar-refractivity contribution in [1.29, 1.82) is 0 Å². The van der Waals surface area contributed by atoms with Gasteiger partial charge in [-0.1, -0.05) is 30.3 Å². The van der Waals surface area contributed by atoms with Crippen molar-refractivity contribution < 1.29 is 9.47 Å². The van der Waals surface area contributed by atoms with Crippen LogP contribution in [0.15, 0.2) is 58.3 Å². The predicted octanol–water partition coefficient (Wildman–Crippen LogP) is 2.95. The highest BCUT2D eigenvalue weighted by molar-refractivity contribution is 6.15. The van der Waals surface area contributed by atoms with Crippen LogP contribution in [0.4, 0.5) is 0 Å². The van der Waals surface area contributed by atoms with Crippen molar-refractivity contribution in [3.8, 4) is 17.2 Å². The summed E-state index contributed by atoms with van der Waals surface area (Å²) in [6.45, 7) is 2.36. The van der Waals surface area contributed by atoms with Crippen molar-refractivity contribution in [2.45, 2.75) is 13.3 Å². The average Bonchev–Trinajstić information content (AvgIpc) is 2.69. The Labute approximate surface area is 163 Å². The van der Waals surface area contributed by atoms with E-state index in [1.807, 2.05) is 49.4 Å². The third kappa shape index (κ3) is 3.07. The first-order chi connectivity index (χ1) is 13.6. The highest BCUT2D eigenvalue weighted by Gasteiger charge is 2.22. The van der Waals surface area contributed by atoms with Crippen molar-refractivity contribution in [2.75, 3.05) is 20.8 Å². The molecule has 28 heavy (non-hydrogen) atoms. The average molecular weight is 375 g/mol. The maximum Gasteiger partial charge on any atom is 0.258 e. The van der Waals surface area contributed by atoms with Crippen molar-refractivity contribution in [2.24, 2.45) is 4.99 Å². The van der Waals surface area contributed by atoms with E-state index in [1.165, 1.54) is 0 Å². The summed E-state index contributed by atoms with van der Waals surface area (Å²) in [6.07, 6.45) is 0.570. The lowest BCUT2D eigenvalue weighted by atomic mass is 9.98. The first kappa shape index (κ1) is 18.0. The van der Waals surface area contributed by atoms with Gasteiger partial charge in [-0.05, 0) is 13.0 Å². The third-order valence-electron chi connectivity index (χ3n) is 4.77. The standard InChI is InChI=1S/C22H21N3O3/c1-14-11-21(26)25-17-13-19(28-3)18(27-2)12-16(17)22(15-7-5-4-6-8-15)23-10-9-20(25)24-14/h4-8,11-13H,9-10H2,1-3H3/b23-22-. The SMILES string of the molecule is COc1cc2c(cc1OC)-n1c(nc(C)cc1=O)CC/N=C\2c1ccccc1. The van der Waals surface area contributed by atoms with Crippen LogP contribution in [0.3, 0.4) is 0 Å². The summed E-state index contributed by atoms with van der Waals surface area (Å²) < 4.78 is 12.7. The molecule has 0 atom stereocenters. The smallest absolute Gasteiger partial charge is 0.258 e. The first-order valence-electron chi connectivity index (χ1n) is 9.08. The lowest BCUT2D eigenvalue weighted by Crippen LogP contribution is -2.27. The van der Waals surface area contributed by atoms with Crippen LogP contribution in [0.2, 0.25) is 0 Å². The first-order valence-corrected chi connectivity index (χ1v) is 9.08. The fraction of sp³-hybridized carbons (Fsp3) is 0.227. The van der Waals surface area contributed by atoms with E-state index in [2.05, 4.69) is 4.98 Å². The molecule has 2 aromatic carbocycles. The zero-order valence-electron chi connectivity index (χ0n) is 16.1. The van der Waals surface area contributed by atoms with Gasteiger partial charge < -0.3 is 9.47 Å². The molecule has 142 valence electrons. The Balaban J connectivity index is 2.07. The van der Waals surface area contributed by atoms with Crippen molar-refractivity contribution in [3.63, 3.8) is 0 Å². The van der Waals surface area contributed by atoms with Gasteiger partial charge in [0.2, 0.25) is 0 Å². The van der Waals surface area contributed by atoms with Gasteiger partial charge in [-0.3, -0.25) is 14.4 Å². The van der Waals surface area contributed by atoms with Gasteiger partial charge in [-0.15, -0.1) is 0 Å². The van der Waals surface area contributed by atoms with Gasteiger partial charge in [0, 0.05) is 41.9 Å². The largest absolute Gasteiger partial charge is 0.493 e. The summed E-state index contributed by atoms with van der Waals surface area (Å²) in [7, 11) is 3.17. The van der Waals surface area contributed by atoms with Crippen LogP contribution in [0.1, 0.15) is 22.6 Å². The normalized spacial score (nSPS) is 14.8. The van der Waals surface area contributed by atoms with Crippen LogP contribution in [0, 0.1) is 6.92 Å². The Morgan fingerprint density at radius 2 is 1.71 bits per heavy atom. The summed E-state index contributed by atoms with van der Waals surface area (Å²) in [5.74, 6) is 1.82. The Bertz CT molecular complexity index is 1120. The number of hydrogen-bond acceptors (Lipinski definition) is 5. The quantitative estimate of drug-likeness (QED) is 0.706. The van der Waals surface area contributed by atoms with Crippen LogP contribution < -0.4 is 15.0 Å². The van der Waals surface area contributed by atoms with Crippen molar-refractivity contribution >= 4 is 5.71 Å². The van der Waals surface area contributed by atoms with E-state index in [1.54, 1.807) is 24.9 Å². The summed E-state index contributed by atoms with van der Waals surface area (Å²) in [5.41, 5.74) is 3.86. The second-order valence-corrected chi connectivity index (χ2v) is 6.56. The molecule has 0 amide bonds. The van der Waals surface area contributed by atoms with E-state index >= 15 is 0 Å². The second kappa shape index (κ2) is 7.31. The number of hydrogen-bond donors (Lipinski definition) is 0. The molecule has 2 heterocycles. The molecule has 0 unspecified atom stereocenters. The van der Waals surface area contributed by atoms with E-state index in [0.29, 0.717) is 41.7 Å². The molecule has 1 aromatic heterocycles. The zero-order chi connectivity index (χ0) is 19.7. The summed E-state index contributed by atoms with van der Waals surface area (Å²) >= 11 is 0. The van der Waals surface area contributed by atoms with Gasteiger partial charge in [-0.2, -0.15) is 0 Å². The maximum atomic E-state index is 12.9. The molecule has 3 aromatic rings. The highest BCUT2D eigenvalue weighted by Crippen LogP contribution is 2.34. The molecule has 0 radical (unpaired) electrons. The van der Waals surface area contributed by atoms with Gasteiger partial charge in [0.15, 0.2) is 11.5 Å². The molecule has 0 spiro atoms. The van der Waals surface area contributed by atoms with Crippen LogP contribution in [-0.4, -0.2) is 36.0 Å². The molecular formula is C22H21N3O3. The number of ether oxygens (including phenoxy) is 2. The second-order valence-electron chi connectivity index (χ2n) is 6.56. The van der Waals surface area contributed by atoms with Crippen LogP contribution in [0.25, 0.3) is 5.69 Å². The van der Waals surface area contributed by atoms with Crippen molar-refractivity contribution in [3.05, 3.63) is 81.5 Å². The summed E-state index contributed by atoms with van der Waals surface area (Å²) in [4.78, 5) is 22.4.